The Morgan fingerprint density at radius 2 is 2.46 bits per heavy atom. The Hall–Kier alpha value is -0.940. The summed E-state index contributed by atoms with van der Waals surface area (Å²) in [6.45, 7) is 3.80. The van der Waals surface area contributed by atoms with E-state index in [0.29, 0.717) is 24.9 Å². The summed E-state index contributed by atoms with van der Waals surface area (Å²) in [4.78, 5) is 4.20. The maximum Gasteiger partial charge on any atom is 0.235 e. The fraction of sp³-hybridized carbons (Fsp3) is 0.750. The lowest BCUT2D eigenvalue weighted by Crippen LogP contribution is -2.22. The van der Waals surface area contributed by atoms with Gasteiger partial charge in [0.15, 0.2) is 5.82 Å². The Bertz CT molecular complexity index is 291. The summed E-state index contributed by atoms with van der Waals surface area (Å²) >= 11 is 0. The van der Waals surface area contributed by atoms with E-state index >= 15 is 0 Å². The Kier molecular flexibility index (Phi) is 2.05. The second kappa shape index (κ2) is 3.08. The first-order valence-corrected chi connectivity index (χ1v) is 4.35. The summed E-state index contributed by atoms with van der Waals surface area (Å²) < 4.78 is 10.4. The molecule has 2 N–H and O–H groups in total. The van der Waals surface area contributed by atoms with Crippen LogP contribution < -0.4 is 5.73 Å². The van der Waals surface area contributed by atoms with Gasteiger partial charge in [0.2, 0.25) is 5.89 Å². The first-order chi connectivity index (χ1) is 6.24. The van der Waals surface area contributed by atoms with Gasteiger partial charge in [0, 0.05) is 6.61 Å². The van der Waals surface area contributed by atoms with Gasteiger partial charge in [0.25, 0.3) is 0 Å². The van der Waals surface area contributed by atoms with E-state index in [4.69, 9.17) is 15.0 Å². The molecule has 0 radical (unpaired) electrons. The fourth-order valence-electron chi connectivity index (χ4n) is 1.42. The standard InChI is InChI=1S/C8H13N3O2/c1-8(2-3-12-5-8)7-10-6(4-9)11-13-7/h2-5,9H2,1H3. The Morgan fingerprint density at radius 3 is 3.00 bits per heavy atom. The molecule has 1 aliphatic rings. The molecule has 72 valence electrons. The fourth-order valence-corrected chi connectivity index (χ4v) is 1.42. The summed E-state index contributed by atoms with van der Waals surface area (Å²) in [6.07, 6.45) is 0.930. The Balaban J connectivity index is 2.23. The molecule has 0 aromatic carbocycles. The summed E-state index contributed by atoms with van der Waals surface area (Å²) in [5.41, 5.74) is 5.28. The van der Waals surface area contributed by atoms with Crippen molar-refractivity contribution in [1.82, 2.24) is 10.1 Å². The SMILES string of the molecule is CC1(c2nc(CN)no2)CCOC1. The largest absolute Gasteiger partial charge is 0.380 e. The predicted octanol–water partition coefficient (Wildman–Crippen LogP) is 0.206. The van der Waals surface area contributed by atoms with Crippen molar-refractivity contribution >= 4 is 0 Å². The number of nitrogens with two attached hydrogens (primary N) is 1. The molecule has 2 rings (SSSR count). The van der Waals surface area contributed by atoms with E-state index in [1.807, 2.05) is 0 Å². The zero-order valence-corrected chi connectivity index (χ0v) is 7.62. The van der Waals surface area contributed by atoms with Crippen LogP contribution in [0.4, 0.5) is 0 Å². The molecule has 1 saturated heterocycles. The van der Waals surface area contributed by atoms with Gasteiger partial charge >= 0.3 is 0 Å². The lowest BCUT2D eigenvalue weighted by Gasteiger charge is -2.14. The van der Waals surface area contributed by atoms with E-state index in [1.165, 1.54) is 0 Å². The molecule has 1 aromatic rings. The van der Waals surface area contributed by atoms with Crippen LogP contribution in [0.3, 0.4) is 0 Å². The van der Waals surface area contributed by atoms with E-state index in [2.05, 4.69) is 17.1 Å². The summed E-state index contributed by atoms with van der Waals surface area (Å²) in [5.74, 6) is 1.20. The monoisotopic (exact) mass is 183 g/mol. The maximum absolute atomic E-state index is 5.39. The van der Waals surface area contributed by atoms with Crippen molar-refractivity contribution in [3.8, 4) is 0 Å². The highest BCUT2D eigenvalue weighted by atomic mass is 16.5. The molecular weight excluding hydrogens is 170 g/mol. The molecule has 2 heterocycles. The summed E-state index contributed by atoms with van der Waals surface area (Å²) in [6, 6.07) is 0. The molecule has 0 saturated carbocycles. The van der Waals surface area contributed by atoms with Gasteiger partial charge in [0.1, 0.15) is 0 Å². The van der Waals surface area contributed by atoms with Crippen LogP contribution in [-0.4, -0.2) is 23.4 Å². The minimum atomic E-state index is -0.111. The Labute approximate surface area is 76.3 Å². The molecule has 0 spiro atoms. The number of nitrogens with zero attached hydrogens (tertiary/aromatic N) is 2. The van der Waals surface area contributed by atoms with Crippen molar-refractivity contribution in [2.24, 2.45) is 5.73 Å². The van der Waals surface area contributed by atoms with Gasteiger partial charge in [-0.2, -0.15) is 4.98 Å². The van der Waals surface area contributed by atoms with E-state index in [-0.39, 0.29) is 5.41 Å². The van der Waals surface area contributed by atoms with Crippen LogP contribution >= 0.6 is 0 Å². The third-order valence-electron chi connectivity index (χ3n) is 2.39. The third kappa shape index (κ3) is 1.45. The lowest BCUT2D eigenvalue weighted by molar-refractivity contribution is 0.169. The molecule has 1 atom stereocenters. The highest BCUT2D eigenvalue weighted by Crippen LogP contribution is 2.30. The zero-order valence-electron chi connectivity index (χ0n) is 7.62. The molecular formula is C8H13N3O2. The highest BCUT2D eigenvalue weighted by Gasteiger charge is 2.37. The van der Waals surface area contributed by atoms with Crippen molar-refractivity contribution in [3.05, 3.63) is 11.7 Å². The maximum atomic E-state index is 5.39. The van der Waals surface area contributed by atoms with Crippen molar-refractivity contribution < 1.29 is 9.26 Å². The van der Waals surface area contributed by atoms with Gasteiger partial charge in [0.05, 0.1) is 18.6 Å². The lowest BCUT2D eigenvalue weighted by atomic mass is 9.90. The predicted molar refractivity (Wildman–Crippen MR) is 45.0 cm³/mol. The van der Waals surface area contributed by atoms with Gasteiger partial charge in [-0.05, 0) is 13.3 Å². The van der Waals surface area contributed by atoms with Crippen LogP contribution in [0.2, 0.25) is 0 Å². The Morgan fingerprint density at radius 1 is 1.62 bits per heavy atom. The summed E-state index contributed by atoms with van der Waals surface area (Å²) in [7, 11) is 0. The third-order valence-corrected chi connectivity index (χ3v) is 2.39. The van der Waals surface area contributed by atoms with Crippen LogP contribution in [0.15, 0.2) is 4.52 Å². The van der Waals surface area contributed by atoms with E-state index < -0.39 is 0 Å². The molecule has 1 aromatic heterocycles. The molecule has 0 amide bonds. The number of hydrogen-bond donors (Lipinski definition) is 1. The van der Waals surface area contributed by atoms with Crippen LogP contribution in [0.5, 0.6) is 0 Å². The molecule has 0 bridgehead atoms. The number of hydrogen-bond acceptors (Lipinski definition) is 5. The number of ether oxygens (including phenoxy) is 1. The minimum absolute atomic E-state index is 0.111. The minimum Gasteiger partial charge on any atom is -0.380 e. The first-order valence-electron chi connectivity index (χ1n) is 4.35. The first kappa shape index (κ1) is 8.65. The van der Waals surface area contributed by atoms with Crippen LogP contribution in [0.1, 0.15) is 25.1 Å². The topological polar surface area (TPSA) is 74.2 Å². The second-order valence-electron chi connectivity index (χ2n) is 3.58. The van der Waals surface area contributed by atoms with Crippen molar-refractivity contribution in [1.29, 1.82) is 0 Å². The molecule has 0 aliphatic carbocycles. The smallest absolute Gasteiger partial charge is 0.235 e. The number of rotatable bonds is 2. The molecule has 1 fully saturated rings. The van der Waals surface area contributed by atoms with E-state index in [9.17, 15) is 0 Å². The van der Waals surface area contributed by atoms with Crippen molar-refractivity contribution in [3.63, 3.8) is 0 Å². The van der Waals surface area contributed by atoms with Gasteiger partial charge in [-0.15, -0.1) is 0 Å². The average molecular weight is 183 g/mol. The second-order valence-corrected chi connectivity index (χ2v) is 3.58. The van der Waals surface area contributed by atoms with Gasteiger partial charge in [-0.3, -0.25) is 0 Å². The molecule has 13 heavy (non-hydrogen) atoms. The zero-order chi connectivity index (χ0) is 9.31. The molecule has 5 heteroatoms. The van der Waals surface area contributed by atoms with Crippen LogP contribution in [0, 0.1) is 0 Å². The molecule has 1 aliphatic heterocycles. The summed E-state index contributed by atoms with van der Waals surface area (Å²) in [5, 5.41) is 3.76. The normalized spacial score (nSPS) is 28.2. The van der Waals surface area contributed by atoms with Gasteiger partial charge in [-0.1, -0.05) is 5.16 Å². The van der Waals surface area contributed by atoms with E-state index in [1.54, 1.807) is 0 Å². The van der Waals surface area contributed by atoms with Gasteiger partial charge in [-0.25, -0.2) is 0 Å². The average Bonchev–Trinajstić information content (AvgIpc) is 2.72. The molecule has 1 unspecified atom stereocenters. The quantitative estimate of drug-likeness (QED) is 0.709. The van der Waals surface area contributed by atoms with Crippen LogP contribution in [-0.2, 0) is 16.7 Å². The molecule has 5 nitrogen and oxygen atoms in total. The number of aromatic nitrogens is 2. The van der Waals surface area contributed by atoms with Crippen molar-refractivity contribution in [2.45, 2.75) is 25.3 Å². The van der Waals surface area contributed by atoms with Crippen LogP contribution in [0.25, 0.3) is 0 Å². The van der Waals surface area contributed by atoms with Gasteiger partial charge < -0.3 is 15.0 Å². The van der Waals surface area contributed by atoms with E-state index in [0.717, 1.165) is 13.0 Å². The highest BCUT2D eigenvalue weighted by molar-refractivity contribution is 5.05. The van der Waals surface area contributed by atoms with Crippen molar-refractivity contribution in [2.75, 3.05) is 13.2 Å².